The van der Waals surface area contributed by atoms with E-state index in [1.807, 2.05) is 6.07 Å². The lowest BCUT2D eigenvalue weighted by atomic mass is 9.77. The predicted molar refractivity (Wildman–Crippen MR) is 126 cm³/mol. The van der Waals surface area contributed by atoms with Crippen LogP contribution in [0.3, 0.4) is 0 Å². The lowest BCUT2D eigenvalue weighted by molar-refractivity contribution is 0.310. The fraction of sp³-hybridized carbons (Fsp3) is 0.357. The van der Waals surface area contributed by atoms with Crippen LogP contribution in [0.15, 0.2) is 60.7 Å². The molecule has 0 spiro atoms. The van der Waals surface area contributed by atoms with E-state index in [4.69, 9.17) is 11.6 Å². The van der Waals surface area contributed by atoms with Crippen LogP contribution in [-0.4, -0.2) is 0 Å². The molecule has 1 saturated carbocycles. The minimum Gasteiger partial charge on any atom is -0.206 e. The molecule has 0 saturated heterocycles. The topological polar surface area (TPSA) is 0 Å². The molecule has 4 rings (SSSR count). The molecule has 0 amide bonds. The van der Waals surface area contributed by atoms with Gasteiger partial charge in [0, 0.05) is 5.56 Å². The van der Waals surface area contributed by atoms with E-state index in [1.54, 1.807) is 18.2 Å². The Hall–Kier alpha value is -2.19. The number of aryl methyl sites for hydroxylation is 2. The maximum absolute atomic E-state index is 14.7. The predicted octanol–water partition coefficient (Wildman–Crippen LogP) is 8.75. The molecule has 1 aliphatic rings. The van der Waals surface area contributed by atoms with Crippen molar-refractivity contribution in [3.05, 3.63) is 94.0 Å². The molecule has 0 unspecified atom stereocenters. The first-order valence-electron chi connectivity index (χ1n) is 11.4. The molecule has 0 aromatic heterocycles. The molecular weight excluding hydrogens is 410 g/mol. The fourth-order valence-electron chi connectivity index (χ4n) is 4.79. The minimum atomic E-state index is -0.528. The standard InChI is InChI=1S/C28H29ClF2/c1-2-19-5-10-22(11-6-19)23-12-7-20(8-13-23)3-4-21-9-15-25(27(30)17-21)24-14-16-26(29)28(31)18-24/h5-6,9-11,14-18,20,23H,2-4,7-8,12-13H2,1H3/t20-,23-. The molecule has 0 radical (unpaired) electrons. The van der Waals surface area contributed by atoms with Gasteiger partial charge in [-0.3, -0.25) is 0 Å². The second-order valence-corrected chi connectivity index (χ2v) is 9.20. The lowest BCUT2D eigenvalue weighted by Crippen LogP contribution is -2.14. The van der Waals surface area contributed by atoms with Crippen molar-refractivity contribution >= 4 is 11.6 Å². The molecule has 0 bridgehead atoms. The highest BCUT2D eigenvalue weighted by atomic mass is 35.5. The number of benzene rings is 3. The van der Waals surface area contributed by atoms with Crippen LogP contribution in [0.5, 0.6) is 0 Å². The van der Waals surface area contributed by atoms with Crippen LogP contribution in [0.1, 0.15) is 61.6 Å². The second kappa shape index (κ2) is 9.96. The van der Waals surface area contributed by atoms with Gasteiger partial charge >= 0.3 is 0 Å². The van der Waals surface area contributed by atoms with Crippen molar-refractivity contribution in [2.45, 2.75) is 57.8 Å². The lowest BCUT2D eigenvalue weighted by Gasteiger charge is -2.29. The average molecular weight is 439 g/mol. The van der Waals surface area contributed by atoms with E-state index in [2.05, 4.69) is 31.2 Å². The van der Waals surface area contributed by atoms with Crippen molar-refractivity contribution in [2.24, 2.45) is 5.92 Å². The van der Waals surface area contributed by atoms with Crippen molar-refractivity contribution in [3.8, 4) is 11.1 Å². The maximum atomic E-state index is 14.7. The Bertz CT molecular complexity index is 1020. The molecule has 3 aromatic carbocycles. The molecule has 162 valence electrons. The highest BCUT2D eigenvalue weighted by molar-refractivity contribution is 6.30. The van der Waals surface area contributed by atoms with Gasteiger partial charge < -0.3 is 0 Å². The van der Waals surface area contributed by atoms with E-state index in [0.717, 1.165) is 24.8 Å². The van der Waals surface area contributed by atoms with E-state index in [-0.39, 0.29) is 10.8 Å². The molecule has 0 nitrogen and oxygen atoms in total. The van der Waals surface area contributed by atoms with Crippen molar-refractivity contribution in [1.29, 1.82) is 0 Å². The van der Waals surface area contributed by atoms with Gasteiger partial charge in [-0.05, 0) is 97.2 Å². The zero-order valence-corrected chi connectivity index (χ0v) is 18.8. The Morgan fingerprint density at radius 2 is 1.52 bits per heavy atom. The van der Waals surface area contributed by atoms with E-state index >= 15 is 0 Å². The van der Waals surface area contributed by atoms with Gasteiger partial charge in [0.1, 0.15) is 11.6 Å². The summed E-state index contributed by atoms with van der Waals surface area (Å²) >= 11 is 5.74. The third-order valence-corrected chi connectivity index (χ3v) is 7.12. The second-order valence-electron chi connectivity index (χ2n) is 8.79. The molecule has 3 heteroatoms. The van der Waals surface area contributed by atoms with Gasteiger partial charge in [0.25, 0.3) is 0 Å². The smallest absolute Gasteiger partial charge is 0.142 e. The third kappa shape index (κ3) is 5.36. The molecule has 0 aliphatic heterocycles. The zero-order chi connectivity index (χ0) is 21.8. The van der Waals surface area contributed by atoms with Crippen molar-refractivity contribution in [1.82, 2.24) is 0 Å². The van der Waals surface area contributed by atoms with Gasteiger partial charge in [0.15, 0.2) is 0 Å². The number of hydrogen-bond acceptors (Lipinski definition) is 0. The Morgan fingerprint density at radius 3 is 2.16 bits per heavy atom. The highest BCUT2D eigenvalue weighted by Crippen LogP contribution is 2.38. The van der Waals surface area contributed by atoms with Gasteiger partial charge in [0.05, 0.1) is 5.02 Å². The first kappa shape index (κ1) is 22.0. The van der Waals surface area contributed by atoms with Crippen LogP contribution in [-0.2, 0) is 12.8 Å². The van der Waals surface area contributed by atoms with E-state index in [0.29, 0.717) is 23.0 Å². The third-order valence-electron chi connectivity index (χ3n) is 6.81. The van der Waals surface area contributed by atoms with Gasteiger partial charge in [-0.15, -0.1) is 0 Å². The van der Waals surface area contributed by atoms with Gasteiger partial charge in [-0.1, -0.05) is 61.0 Å². The molecule has 1 aliphatic carbocycles. The Kier molecular flexibility index (Phi) is 7.07. The Balaban J connectivity index is 1.31. The first-order chi connectivity index (χ1) is 15.0. The molecule has 31 heavy (non-hydrogen) atoms. The Labute approximate surface area is 189 Å². The van der Waals surface area contributed by atoms with Crippen LogP contribution >= 0.6 is 11.6 Å². The quantitative estimate of drug-likeness (QED) is 0.360. The molecule has 0 N–H and O–H groups in total. The summed E-state index contributed by atoms with van der Waals surface area (Å²) in [7, 11) is 0. The summed E-state index contributed by atoms with van der Waals surface area (Å²) < 4.78 is 28.4. The fourth-order valence-corrected chi connectivity index (χ4v) is 4.91. The highest BCUT2D eigenvalue weighted by Gasteiger charge is 2.22. The SMILES string of the molecule is CCc1ccc([C@H]2CC[C@H](CCc3ccc(-c4ccc(Cl)c(F)c4)c(F)c3)CC2)cc1. The molecule has 0 atom stereocenters. The van der Waals surface area contributed by atoms with Gasteiger partial charge in [-0.2, -0.15) is 0 Å². The molecule has 3 aromatic rings. The van der Waals surface area contributed by atoms with Crippen molar-refractivity contribution in [3.63, 3.8) is 0 Å². The summed E-state index contributed by atoms with van der Waals surface area (Å²) in [6.45, 7) is 2.19. The van der Waals surface area contributed by atoms with Crippen LogP contribution < -0.4 is 0 Å². The minimum absolute atomic E-state index is 0.0495. The summed E-state index contributed by atoms with van der Waals surface area (Å²) in [5.41, 5.74) is 4.81. The largest absolute Gasteiger partial charge is 0.206 e. The molecule has 1 fully saturated rings. The molecular formula is C28H29ClF2. The van der Waals surface area contributed by atoms with Crippen LogP contribution in [0.2, 0.25) is 5.02 Å². The average Bonchev–Trinajstić information content (AvgIpc) is 2.80. The number of hydrogen-bond donors (Lipinski definition) is 0. The summed E-state index contributed by atoms with van der Waals surface area (Å²) in [4.78, 5) is 0. The van der Waals surface area contributed by atoms with Gasteiger partial charge in [-0.25, -0.2) is 8.78 Å². The van der Waals surface area contributed by atoms with E-state index in [1.165, 1.54) is 48.9 Å². The maximum Gasteiger partial charge on any atom is 0.142 e. The normalized spacial score (nSPS) is 18.8. The van der Waals surface area contributed by atoms with Crippen LogP contribution in [0.4, 0.5) is 8.78 Å². The number of rotatable bonds is 6. The monoisotopic (exact) mass is 438 g/mol. The summed E-state index contributed by atoms with van der Waals surface area (Å²) in [6, 6.07) is 18.9. The van der Waals surface area contributed by atoms with E-state index in [9.17, 15) is 8.78 Å². The summed E-state index contributed by atoms with van der Waals surface area (Å²) in [5, 5.41) is 0.0495. The van der Waals surface area contributed by atoms with Crippen LogP contribution in [0, 0.1) is 17.6 Å². The zero-order valence-electron chi connectivity index (χ0n) is 18.0. The van der Waals surface area contributed by atoms with Gasteiger partial charge in [0.2, 0.25) is 0 Å². The number of halogens is 3. The summed E-state index contributed by atoms with van der Waals surface area (Å²) in [5.74, 6) is 0.552. The first-order valence-corrected chi connectivity index (χ1v) is 11.7. The van der Waals surface area contributed by atoms with Crippen molar-refractivity contribution < 1.29 is 8.78 Å². The van der Waals surface area contributed by atoms with Crippen molar-refractivity contribution in [2.75, 3.05) is 0 Å². The Morgan fingerprint density at radius 1 is 0.806 bits per heavy atom. The molecule has 0 heterocycles. The summed E-state index contributed by atoms with van der Waals surface area (Å²) in [6.07, 6.45) is 8.03. The van der Waals surface area contributed by atoms with E-state index < -0.39 is 5.82 Å². The van der Waals surface area contributed by atoms with Crippen LogP contribution in [0.25, 0.3) is 11.1 Å².